The summed E-state index contributed by atoms with van der Waals surface area (Å²) in [6.07, 6.45) is 0. The Hall–Kier alpha value is -4.45. The number of carboxylic acids is 1. The number of rotatable bonds is 4. The monoisotopic (exact) mass is 409 g/mol. The normalized spacial score (nSPS) is 12.8. The highest BCUT2D eigenvalue weighted by molar-refractivity contribution is 6.36. The zero-order chi connectivity index (χ0) is 21.5. The Morgan fingerprint density at radius 1 is 0.742 bits per heavy atom. The number of anilines is 1. The lowest BCUT2D eigenvalue weighted by atomic mass is 10.1. The predicted molar refractivity (Wildman–Crippen MR) is 115 cm³/mol. The first-order valence-corrected chi connectivity index (χ1v) is 9.55. The molecule has 0 aromatic heterocycles. The summed E-state index contributed by atoms with van der Waals surface area (Å²) in [7, 11) is 0. The zero-order valence-corrected chi connectivity index (χ0v) is 16.1. The van der Waals surface area contributed by atoms with Gasteiger partial charge in [0, 0.05) is 5.39 Å². The van der Waals surface area contributed by atoms with E-state index in [1.165, 1.54) is 35.2 Å². The van der Waals surface area contributed by atoms with Crippen molar-refractivity contribution in [2.45, 2.75) is 0 Å². The van der Waals surface area contributed by atoms with Crippen LogP contribution in [0.4, 0.5) is 5.69 Å². The molecule has 1 heterocycles. The van der Waals surface area contributed by atoms with Crippen LogP contribution in [0.3, 0.4) is 0 Å². The molecule has 1 N–H and O–H groups in total. The standard InChI is InChI=1S/C25H15NO5/c27-23-20-13-12-18(31-17-10-8-16(9-11-17)25(29)30)14-21(20)24(28)26(23)22-7-3-5-15-4-1-2-6-19(15)22/h1-14H,(H,29,30). The minimum atomic E-state index is -1.03. The van der Waals surface area contributed by atoms with E-state index >= 15 is 0 Å². The highest BCUT2D eigenvalue weighted by Crippen LogP contribution is 2.35. The highest BCUT2D eigenvalue weighted by atomic mass is 16.5. The molecule has 0 saturated heterocycles. The van der Waals surface area contributed by atoms with Gasteiger partial charge in [-0.2, -0.15) is 0 Å². The van der Waals surface area contributed by atoms with Gasteiger partial charge in [0.2, 0.25) is 0 Å². The molecule has 0 saturated carbocycles. The van der Waals surface area contributed by atoms with Crippen LogP contribution >= 0.6 is 0 Å². The quantitative estimate of drug-likeness (QED) is 0.472. The van der Waals surface area contributed by atoms with Crippen LogP contribution < -0.4 is 9.64 Å². The Labute approximate surface area is 176 Å². The molecule has 1 aliphatic heterocycles. The van der Waals surface area contributed by atoms with E-state index in [1.54, 1.807) is 18.2 Å². The van der Waals surface area contributed by atoms with Crippen molar-refractivity contribution in [2.24, 2.45) is 0 Å². The summed E-state index contributed by atoms with van der Waals surface area (Å²) in [6.45, 7) is 0. The van der Waals surface area contributed by atoms with Gasteiger partial charge < -0.3 is 9.84 Å². The summed E-state index contributed by atoms with van der Waals surface area (Å²) in [5.41, 5.74) is 1.26. The number of hydrogen-bond acceptors (Lipinski definition) is 4. The molecule has 6 nitrogen and oxygen atoms in total. The van der Waals surface area contributed by atoms with Crippen LogP contribution in [0.15, 0.2) is 84.9 Å². The number of ether oxygens (including phenoxy) is 1. The van der Waals surface area contributed by atoms with Gasteiger partial charge >= 0.3 is 5.97 Å². The molecule has 0 radical (unpaired) electrons. The maximum absolute atomic E-state index is 13.2. The van der Waals surface area contributed by atoms with Crippen LogP contribution in [0.25, 0.3) is 10.8 Å². The second-order valence-electron chi connectivity index (χ2n) is 7.08. The van der Waals surface area contributed by atoms with Gasteiger partial charge in [0.1, 0.15) is 11.5 Å². The van der Waals surface area contributed by atoms with E-state index in [2.05, 4.69) is 0 Å². The van der Waals surface area contributed by atoms with E-state index in [1.807, 2.05) is 36.4 Å². The maximum Gasteiger partial charge on any atom is 0.335 e. The van der Waals surface area contributed by atoms with Crippen LogP contribution in [-0.2, 0) is 0 Å². The maximum atomic E-state index is 13.2. The van der Waals surface area contributed by atoms with Crippen LogP contribution in [0.1, 0.15) is 31.1 Å². The fourth-order valence-corrected chi connectivity index (χ4v) is 3.71. The number of fused-ring (bicyclic) bond motifs is 2. The summed E-state index contributed by atoms with van der Waals surface area (Å²) in [4.78, 5) is 38.4. The molecule has 0 fully saturated rings. The van der Waals surface area contributed by atoms with Crippen molar-refractivity contribution in [1.82, 2.24) is 0 Å². The molecule has 0 atom stereocenters. The van der Waals surface area contributed by atoms with Crippen molar-refractivity contribution in [3.05, 3.63) is 102 Å². The fraction of sp³-hybridized carbons (Fsp3) is 0. The highest BCUT2D eigenvalue weighted by Gasteiger charge is 2.37. The van der Waals surface area contributed by atoms with Crippen molar-refractivity contribution < 1.29 is 24.2 Å². The van der Waals surface area contributed by atoms with Crippen molar-refractivity contribution >= 4 is 34.2 Å². The Morgan fingerprint density at radius 3 is 2.19 bits per heavy atom. The third kappa shape index (κ3) is 3.11. The molecule has 31 heavy (non-hydrogen) atoms. The van der Waals surface area contributed by atoms with E-state index < -0.39 is 11.9 Å². The second-order valence-corrected chi connectivity index (χ2v) is 7.08. The number of imide groups is 1. The summed E-state index contributed by atoms with van der Waals surface area (Å²) in [6, 6.07) is 23.7. The first-order valence-electron chi connectivity index (χ1n) is 9.55. The predicted octanol–water partition coefficient (Wildman–Crippen LogP) is 5.13. The molecule has 2 amide bonds. The van der Waals surface area contributed by atoms with Crippen LogP contribution in [0, 0.1) is 0 Å². The van der Waals surface area contributed by atoms with Crippen LogP contribution in [-0.4, -0.2) is 22.9 Å². The molecule has 6 heteroatoms. The SMILES string of the molecule is O=C(O)c1ccc(Oc2ccc3c(c2)C(=O)N(c2cccc4ccccc24)C3=O)cc1. The van der Waals surface area contributed by atoms with E-state index in [-0.39, 0.29) is 17.0 Å². The first kappa shape index (κ1) is 18.6. The summed E-state index contributed by atoms with van der Waals surface area (Å²) in [5.74, 6) is -1.02. The van der Waals surface area contributed by atoms with Crippen molar-refractivity contribution in [1.29, 1.82) is 0 Å². The largest absolute Gasteiger partial charge is 0.478 e. The van der Waals surface area contributed by atoms with Gasteiger partial charge in [-0.05, 0) is 53.9 Å². The molecular weight excluding hydrogens is 394 g/mol. The van der Waals surface area contributed by atoms with Gasteiger partial charge in [-0.15, -0.1) is 0 Å². The van der Waals surface area contributed by atoms with Gasteiger partial charge in [-0.25, -0.2) is 9.69 Å². The number of benzene rings is 4. The number of amides is 2. The number of nitrogens with zero attached hydrogens (tertiary/aromatic N) is 1. The molecule has 4 aromatic carbocycles. The number of aromatic carboxylic acids is 1. The topological polar surface area (TPSA) is 83.9 Å². The molecule has 0 aliphatic carbocycles. The Bertz CT molecular complexity index is 1370. The van der Waals surface area contributed by atoms with Gasteiger partial charge in [0.25, 0.3) is 11.8 Å². The first-order chi connectivity index (χ1) is 15.0. The van der Waals surface area contributed by atoms with E-state index in [0.29, 0.717) is 22.7 Å². The molecular formula is C25H15NO5. The Kier molecular flexibility index (Phi) is 4.26. The molecule has 0 spiro atoms. The smallest absolute Gasteiger partial charge is 0.335 e. The van der Waals surface area contributed by atoms with Gasteiger partial charge in [0.15, 0.2) is 0 Å². The summed E-state index contributed by atoms with van der Waals surface area (Å²) >= 11 is 0. The summed E-state index contributed by atoms with van der Waals surface area (Å²) in [5, 5.41) is 10.7. The molecule has 5 rings (SSSR count). The minimum absolute atomic E-state index is 0.146. The van der Waals surface area contributed by atoms with Gasteiger partial charge in [-0.3, -0.25) is 9.59 Å². The fourth-order valence-electron chi connectivity index (χ4n) is 3.71. The van der Waals surface area contributed by atoms with E-state index in [9.17, 15) is 14.4 Å². The average molecular weight is 409 g/mol. The lowest BCUT2D eigenvalue weighted by molar-refractivity contribution is 0.0696. The van der Waals surface area contributed by atoms with Crippen molar-refractivity contribution in [3.8, 4) is 11.5 Å². The van der Waals surface area contributed by atoms with Crippen molar-refractivity contribution in [3.63, 3.8) is 0 Å². The Morgan fingerprint density at radius 2 is 1.42 bits per heavy atom. The lowest BCUT2D eigenvalue weighted by Crippen LogP contribution is -2.29. The number of carboxylic acid groups (broad SMARTS) is 1. The zero-order valence-electron chi connectivity index (χ0n) is 16.1. The number of carbonyl (C=O) groups is 3. The Balaban J connectivity index is 1.49. The molecule has 0 bridgehead atoms. The number of hydrogen-bond donors (Lipinski definition) is 1. The van der Waals surface area contributed by atoms with Gasteiger partial charge in [-0.1, -0.05) is 36.4 Å². The molecule has 4 aromatic rings. The van der Waals surface area contributed by atoms with Crippen LogP contribution in [0.5, 0.6) is 11.5 Å². The summed E-state index contributed by atoms with van der Waals surface area (Å²) < 4.78 is 5.76. The van der Waals surface area contributed by atoms with Gasteiger partial charge in [0.05, 0.1) is 22.4 Å². The van der Waals surface area contributed by atoms with E-state index in [4.69, 9.17) is 9.84 Å². The third-order valence-electron chi connectivity index (χ3n) is 5.20. The molecule has 150 valence electrons. The number of carbonyl (C=O) groups excluding carboxylic acids is 2. The average Bonchev–Trinajstić information content (AvgIpc) is 3.03. The van der Waals surface area contributed by atoms with Crippen molar-refractivity contribution in [2.75, 3.05) is 4.90 Å². The lowest BCUT2D eigenvalue weighted by Gasteiger charge is -2.16. The third-order valence-corrected chi connectivity index (χ3v) is 5.20. The molecule has 0 unspecified atom stereocenters. The van der Waals surface area contributed by atoms with Crippen LogP contribution in [0.2, 0.25) is 0 Å². The molecule has 1 aliphatic rings. The second kappa shape index (κ2) is 7.11. The van der Waals surface area contributed by atoms with E-state index in [0.717, 1.165) is 10.8 Å². The minimum Gasteiger partial charge on any atom is -0.478 e.